The van der Waals surface area contributed by atoms with Crippen molar-refractivity contribution in [2.24, 2.45) is 5.73 Å². The monoisotopic (exact) mass is 271 g/mol. The molecule has 0 radical (unpaired) electrons. The van der Waals surface area contributed by atoms with Crippen LogP contribution >= 0.6 is 0 Å². The predicted octanol–water partition coefficient (Wildman–Crippen LogP) is 0.729. The summed E-state index contributed by atoms with van der Waals surface area (Å²) >= 11 is 0. The van der Waals surface area contributed by atoms with Gasteiger partial charge in [-0.2, -0.15) is 0 Å². The third-order valence-corrected chi connectivity index (χ3v) is 4.06. The van der Waals surface area contributed by atoms with Crippen molar-refractivity contribution in [3.05, 3.63) is 0 Å². The molecular formula is C14H29N3O2. The number of ether oxygens (including phenoxy) is 1. The minimum absolute atomic E-state index is 0.276. The van der Waals surface area contributed by atoms with Gasteiger partial charge >= 0.3 is 0 Å². The van der Waals surface area contributed by atoms with E-state index in [1.165, 1.54) is 0 Å². The first kappa shape index (κ1) is 16.4. The minimum Gasteiger partial charge on any atom is -0.376 e. The van der Waals surface area contributed by atoms with Gasteiger partial charge in [0.2, 0.25) is 5.91 Å². The third kappa shape index (κ3) is 4.44. The average molecular weight is 271 g/mol. The molecule has 1 saturated heterocycles. The molecule has 0 spiro atoms. The molecule has 0 bridgehead atoms. The summed E-state index contributed by atoms with van der Waals surface area (Å²) in [4.78, 5) is 14.1. The van der Waals surface area contributed by atoms with Crippen molar-refractivity contribution in [3.63, 3.8) is 0 Å². The summed E-state index contributed by atoms with van der Waals surface area (Å²) < 4.78 is 5.68. The highest BCUT2D eigenvalue weighted by molar-refractivity contribution is 5.84. The number of hydrogen-bond acceptors (Lipinski definition) is 4. The molecule has 3 atom stereocenters. The molecule has 1 aliphatic rings. The molecule has 19 heavy (non-hydrogen) atoms. The fraction of sp³-hybridized carbons (Fsp3) is 0.929. The first-order valence-corrected chi connectivity index (χ1v) is 7.33. The predicted molar refractivity (Wildman–Crippen MR) is 77.0 cm³/mol. The number of amides is 1. The van der Waals surface area contributed by atoms with Crippen LogP contribution in [-0.2, 0) is 9.53 Å². The fourth-order valence-corrected chi connectivity index (χ4v) is 2.76. The minimum atomic E-state index is -0.631. The summed E-state index contributed by atoms with van der Waals surface area (Å²) in [6.07, 6.45) is 2.08. The van der Waals surface area contributed by atoms with Gasteiger partial charge in [-0.15, -0.1) is 0 Å². The second-order valence-electron chi connectivity index (χ2n) is 5.68. The first-order valence-electron chi connectivity index (χ1n) is 7.33. The third-order valence-electron chi connectivity index (χ3n) is 4.06. The quantitative estimate of drug-likeness (QED) is 0.716. The lowest BCUT2D eigenvalue weighted by Gasteiger charge is -2.40. The van der Waals surface area contributed by atoms with Crippen molar-refractivity contribution in [1.29, 1.82) is 0 Å². The van der Waals surface area contributed by atoms with Crippen LogP contribution in [-0.4, -0.2) is 54.7 Å². The molecule has 1 fully saturated rings. The van der Waals surface area contributed by atoms with E-state index in [1.54, 1.807) is 0 Å². The van der Waals surface area contributed by atoms with Crippen molar-refractivity contribution in [3.8, 4) is 0 Å². The Kier molecular flexibility index (Phi) is 6.23. The second-order valence-corrected chi connectivity index (χ2v) is 5.68. The number of nitrogens with two attached hydrogens (primary N) is 1. The molecule has 0 aliphatic carbocycles. The molecule has 0 aromatic carbocycles. The van der Waals surface area contributed by atoms with E-state index in [0.717, 1.165) is 39.1 Å². The van der Waals surface area contributed by atoms with Crippen molar-refractivity contribution >= 4 is 5.91 Å². The first-order chi connectivity index (χ1) is 8.92. The Morgan fingerprint density at radius 2 is 2.26 bits per heavy atom. The summed E-state index contributed by atoms with van der Waals surface area (Å²) in [7, 11) is 0. The number of primary amides is 1. The Morgan fingerprint density at radius 1 is 1.58 bits per heavy atom. The highest BCUT2D eigenvalue weighted by Crippen LogP contribution is 2.19. The summed E-state index contributed by atoms with van der Waals surface area (Å²) in [6.45, 7) is 11.6. The molecule has 0 aromatic rings. The molecule has 112 valence electrons. The van der Waals surface area contributed by atoms with E-state index in [1.807, 2.05) is 13.8 Å². The Bertz CT molecular complexity index is 298. The van der Waals surface area contributed by atoms with Crippen molar-refractivity contribution in [2.45, 2.75) is 58.2 Å². The molecule has 5 nitrogen and oxygen atoms in total. The van der Waals surface area contributed by atoms with Crippen LogP contribution in [0.2, 0.25) is 0 Å². The highest BCUT2D eigenvalue weighted by Gasteiger charge is 2.34. The van der Waals surface area contributed by atoms with Crippen LogP contribution < -0.4 is 11.1 Å². The van der Waals surface area contributed by atoms with Crippen LogP contribution in [0.25, 0.3) is 0 Å². The maximum atomic E-state index is 11.7. The molecule has 1 amide bonds. The van der Waals surface area contributed by atoms with Gasteiger partial charge in [-0.25, -0.2) is 0 Å². The Hall–Kier alpha value is -0.650. The van der Waals surface area contributed by atoms with E-state index in [9.17, 15) is 4.79 Å². The van der Waals surface area contributed by atoms with Crippen molar-refractivity contribution in [2.75, 3.05) is 26.2 Å². The van der Waals surface area contributed by atoms with E-state index in [0.29, 0.717) is 12.1 Å². The zero-order valence-electron chi connectivity index (χ0n) is 12.7. The van der Waals surface area contributed by atoms with Crippen LogP contribution in [0.1, 0.15) is 40.5 Å². The Balaban J connectivity index is 2.61. The van der Waals surface area contributed by atoms with Crippen LogP contribution in [0.3, 0.4) is 0 Å². The van der Waals surface area contributed by atoms with Gasteiger partial charge in [0.15, 0.2) is 0 Å². The number of morpholine rings is 1. The molecule has 1 aliphatic heterocycles. The number of nitrogens with one attached hydrogen (secondary N) is 1. The summed E-state index contributed by atoms with van der Waals surface area (Å²) in [5.74, 6) is -0.276. The van der Waals surface area contributed by atoms with E-state index in [4.69, 9.17) is 10.5 Å². The molecule has 5 heteroatoms. The van der Waals surface area contributed by atoms with Crippen LogP contribution in [0.5, 0.6) is 0 Å². The van der Waals surface area contributed by atoms with Gasteiger partial charge in [0, 0.05) is 19.1 Å². The molecule has 3 unspecified atom stereocenters. The normalized spacial score (nSPS) is 25.8. The van der Waals surface area contributed by atoms with Crippen LogP contribution in [0, 0.1) is 0 Å². The fourth-order valence-electron chi connectivity index (χ4n) is 2.76. The molecule has 3 N–H and O–H groups in total. The largest absolute Gasteiger partial charge is 0.376 e. The summed E-state index contributed by atoms with van der Waals surface area (Å²) in [6, 6.07) is 0.314. The lowest BCUT2D eigenvalue weighted by Crippen LogP contribution is -2.57. The maximum Gasteiger partial charge on any atom is 0.237 e. The second kappa shape index (κ2) is 7.22. The molecule has 0 saturated carbocycles. The number of likely N-dealkylation sites (N-methyl/N-ethyl adjacent to an activating group) is 1. The van der Waals surface area contributed by atoms with Crippen LogP contribution in [0.4, 0.5) is 0 Å². The Morgan fingerprint density at radius 3 is 2.79 bits per heavy atom. The average Bonchev–Trinajstić information content (AvgIpc) is 2.38. The van der Waals surface area contributed by atoms with Gasteiger partial charge < -0.3 is 15.8 Å². The zero-order valence-corrected chi connectivity index (χ0v) is 12.7. The standard InChI is InChI=1S/C14H29N3O2/c1-5-12-10-17(7-8-19-12)11(3)9-14(4,13(15)18)16-6-2/h11-12,16H,5-10H2,1-4H3,(H2,15,18). The number of carbonyl (C=O) groups is 1. The van der Waals surface area contributed by atoms with Gasteiger partial charge in [0.25, 0.3) is 0 Å². The van der Waals surface area contributed by atoms with Gasteiger partial charge in [0.1, 0.15) is 0 Å². The molecule has 1 heterocycles. The van der Waals surface area contributed by atoms with Gasteiger partial charge in [-0.3, -0.25) is 9.69 Å². The summed E-state index contributed by atoms with van der Waals surface area (Å²) in [5.41, 5.74) is 4.91. The van der Waals surface area contributed by atoms with E-state index < -0.39 is 5.54 Å². The highest BCUT2D eigenvalue weighted by atomic mass is 16.5. The van der Waals surface area contributed by atoms with Gasteiger partial charge in [-0.05, 0) is 33.2 Å². The van der Waals surface area contributed by atoms with Crippen molar-refractivity contribution in [1.82, 2.24) is 10.2 Å². The maximum absolute atomic E-state index is 11.7. The summed E-state index contributed by atoms with van der Waals surface area (Å²) in [5, 5.41) is 3.22. The number of hydrogen-bond donors (Lipinski definition) is 2. The van der Waals surface area contributed by atoms with E-state index >= 15 is 0 Å². The molecular weight excluding hydrogens is 242 g/mol. The van der Waals surface area contributed by atoms with Gasteiger partial charge in [0.05, 0.1) is 18.2 Å². The topological polar surface area (TPSA) is 67.6 Å². The lowest BCUT2D eigenvalue weighted by atomic mass is 9.91. The molecule has 1 rings (SSSR count). The zero-order chi connectivity index (χ0) is 14.5. The number of nitrogens with zero attached hydrogens (tertiary/aromatic N) is 1. The smallest absolute Gasteiger partial charge is 0.237 e. The molecule has 0 aromatic heterocycles. The number of carbonyl (C=O) groups excluding carboxylic acids is 1. The lowest BCUT2D eigenvalue weighted by molar-refractivity contribution is -0.125. The Labute approximate surface area is 116 Å². The van der Waals surface area contributed by atoms with Gasteiger partial charge in [-0.1, -0.05) is 13.8 Å². The van der Waals surface area contributed by atoms with E-state index in [2.05, 4.69) is 24.1 Å². The van der Waals surface area contributed by atoms with Crippen LogP contribution in [0.15, 0.2) is 0 Å². The van der Waals surface area contributed by atoms with Crippen molar-refractivity contribution < 1.29 is 9.53 Å². The van der Waals surface area contributed by atoms with E-state index in [-0.39, 0.29) is 5.91 Å². The number of rotatable bonds is 7. The SMILES string of the molecule is CCNC(C)(CC(C)N1CCOC(CC)C1)C(N)=O.